The van der Waals surface area contributed by atoms with E-state index in [1.807, 2.05) is 12.4 Å². The second-order valence-electron chi connectivity index (χ2n) is 5.66. The summed E-state index contributed by atoms with van der Waals surface area (Å²) in [5.74, 6) is 0.708. The first-order chi connectivity index (χ1) is 9.72. The topological polar surface area (TPSA) is 49.8 Å². The smallest absolute Gasteiger partial charge is 0.222 e. The van der Waals surface area contributed by atoms with Crippen molar-refractivity contribution in [2.24, 2.45) is 0 Å². The predicted octanol–water partition coefficient (Wildman–Crippen LogP) is 3.75. The van der Waals surface area contributed by atoms with Gasteiger partial charge in [0.1, 0.15) is 0 Å². The Kier molecular flexibility index (Phi) is 8.96. The van der Waals surface area contributed by atoms with E-state index in [-0.39, 0.29) is 0 Å². The molecule has 0 spiro atoms. The van der Waals surface area contributed by atoms with Crippen LogP contribution in [-0.2, 0) is 6.54 Å². The lowest BCUT2D eigenvalue weighted by atomic mass is 10.1. The monoisotopic (exact) mass is 278 g/mol. The minimum atomic E-state index is 0.367. The zero-order valence-electron chi connectivity index (χ0n) is 13.3. The van der Waals surface area contributed by atoms with E-state index in [9.17, 15) is 0 Å². The molecule has 0 saturated heterocycles. The van der Waals surface area contributed by atoms with Gasteiger partial charge in [-0.1, -0.05) is 39.0 Å². The highest BCUT2D eigenvalue weighted by Gasteiger charge is 1.99. The van der Waals surface area contributed by atoms with Crippen LogP contribution in [0.25, 0.3) is 0 Å². The van der Waals surface area contributed by atoms with Crippen molar-refractivity contribution in [3.8, 4) is 0 Å². The average molecular weight is 278 g/mol. The molecule has 0 amide bonds. The van der Waals surface area contributed by atoms with Crippen molar-refractivity contribution >= 4 is 5.95 Å². The number of nitrogens with one attached hydrogen (secondary N) is 2. The van der Waals surface area contributed by atoms with Crippen molar-refractivity contribution in [1.29, 1.82) is 0 Å². The summed E-state index contributed by atoms with van der Waals surface area (Å²) in [5.41, 5.74) is 1.14. The van der Waals surface area contributed by atoms with Gasteiger partial charge < -0.3 is 10.6 Å². The highest BCUT2D eigenvalue weighted by atomic mass is 15.1. The van der Waals surface area contributed by atoms with Gasteiger partial charge in [-0.2, -0.15) is 0 Å². The molecule has 1 aromatic rings. The first kappa shape index (κ1) is 16.9. The lowest BCUT2D eigenvalue weighted by Crippen LogP contribution is -2.16. The van der Waals surface area contributed by atoms with E-state index in [2.05, 4.69) is 41.4 Å². The second-order valence-corrected chi connectivity index (χ2v) is 5.66. The summed E-state index contributed by atoms with van der Waals surface area (Å²) in [7, 11) is 0. The van der Waals surface area contributed by atoms with Crippen molar-refractivity contribution in [3.05, 3.63) is 18.0 Å². The van der Waals surface area contributed by atoms with Crippen molar-refractivity contribution in [3.63, 3.8) is 0 Å². The SMILES string of the molecule is CCCCCCCCNCc1cnc(NC(C)C)nc1. The molecule has 0 radical (unpaired) electrons. The van der Waals surface area contributed by atoms with Crippen molar-refractivity contribution < 1.29 is 0 Å². The fourth-order valence-corrected chi connectivity index (χ4v) is 2.04. The van der Waals surface area contributed by atoms with Gasteiger partial charge in [-0.3, -0.25) is 0 Å². The van der Waals surface area contributed by atoms with Crippen LogP contribution in [0, 0.1) is 0 Å². The summed E-state index contributed by atoms with van der Waals surface area (Å²) in [6.07, 6.45) is 11.8. The molecule has 0 fully saturated rings. The number of nitrogens with zero attached hydrogens (tertiary/aromatic N) is 2. The van der Waals surface area contributed by atoms with Gasteiger partial charge in [0.2, 0.25) is 5.95 Å². The van der Waals surface area contributed by atoms with Gasteiger partial charge in [-0.25, -0.2) is 9.97 Å². The molecule has 4 nitrogen and oxygen atoms in total. The predicted molar refractivity (Wildman–Crippen MR) is 85.9 cm³/mol. The van der Waals surface area contributed by atoms with E-state index in [4.69, 9.17) is 0 Å². The van der Waals surface area contributed by atoms with Crippen LogP contribution in [0.15, 0.2) is 12.4 Å². The molecule has 1 rings (SSSR count). The minimum Gasteiger partial charge on any atom is -0.352 e. The van der Waals surface area contributed by atoms with Crippen LogP contribution >= 0.6 is 0 Å². The molecule has 0 aliphatic carbocycles. The molecule has 0 bridgehead atoms. The van der Waals surface area contributed by atoms with Crippen LogP contribution in [0.4, 0.5) is 5.95 Å². The number of hydrogen-bond donors (Lipinski definition) is 2. The number of hydrogen-bond acceptors (Lipinski definition) is 4. The number of rotatable bonds is 11. The summed E-state index contributed by atoms with van der Waals surface area (Å²) in [6, 6.07) is 0.367. The summed E-state index contributed by atoms with van der Waals surface area (Å²) in [5, 5.41) is 6.64. The molecule has 0 aromatic carbocycles. The highest BCUT2D eigenvalue weighted by Crippen LogP contribution is 2.05. The molecule has 0 atom stereocenters. The molecular weight excluding hydrogens is 248 g/mol. The summed E-state index contributed by atoms with van der Waals surface area (Å²) >= 11 is 0. The Labute approximate surface area is 123 Å². The van der Waals surface area contributed by atoms with Crippen molar-refractivity contribution in [2.45, 2.75) is 71.9 Å². The van der Waals surface area contributed by atoms with Gasteiger partial charge in [0.05, 0.1) is 0 Å². The molecule has 2 N–H and O–H groups in total. The fourth-order valence-electron chi connectivity index (χ4n) is 2.04. The van der Waals surface area contributed by atoms with E-state index in [0.29, 0.717) is 12.0 Å². The third-order valence-electron chi connectivity index (χ3n) is 3.16. The zero-order chi connectivity index (χ0) is 14.6. The molecule has 114 valence electrons. The number of unbranched alkanes of at least 4 members (excludes halogenated alkanes) is 5. The lowest BCUT2D eigenvalue weighted by Gasteiger charge is -2.08. The van der Waals surface area contributed by atoms with Gasteiger partial charge in [0.15, 0.2) is 0 Å². The van der Waals surface area contributed by atoms with Crippen LogP contribution in [0.3, 0.4) is 0 Å². The van der Waals surface area contributed by atoms with Crippen LogP contribution in [0.1, 0.15) is 64.9 Å². The Morgan fingerprint density at radius 1 is 1.00 bits per heavy atom. The lowest BCUT2D eigenvalue weighted by molar-refractivity contribution is 0.571. The first-order valence-corrected chi connectivity index (χ1v) is 8.00. The standard InChI is InChI=1S/C16H30N4/c1-4-5-6-7-8-9-10-17-11-15-12-18-16(19-13-15)20-14(2)3/h12-14,17H,4-11H2,1-3H3,(H,18,19,20). The highest BCUT2D eigenvalue weighted by molar-refractivity contribution is 5.25. The molecule has 0 saturated carbocycles. The minimum absolute atomic E-state index is 0.367. The second kappa shape index (κ2) is 10.6. The molecule has 0 unspecified atom stereocenters. The van der Waals surface area contributed by atoms with Gasteiger partial charge in [-0.15, -0.1) is 0 Å². The van der Waals surface area contributed by atoms with Crippen molar-refractivity contribution in [1.82, 2.24) is 15.3 Å². The summed E-state index contributed by atoms with van der Waals surface area (Å²) < 4.78 is 0. The molecule has 20 heavy (non-hydrogen) atoms. The van der Waals surface area contributed by atoms with E-state index in [1.165, 1.54) is 38.5 Å². The maximum atomic E-state index is 4.31. The normalized spacial score (nSPS) is 11.0. The summed E-state index contributed by atoms with van der Waals surface area (Å²) in [4.78, 5) is 8.61. The molecule has 1 heterocycles. The average Bonchev–Trinajstić information content (AvgIpc) is 2.43. The Morgan fingerprint density at radius 3 is 2.30 bits per heavy atom. The largest absolute Gasteiger partial charge is 0.352 e. The van der Waals surface area contributed by atoms with Crippen LogP contribution in [-0.4, -0.2) is 22.6 Å². The van der Waals surface area contributed by atoms with Gasteiger partial charge in [0, 0.05) is 30.5 Å². The van der Waals surface area contributed by atoms with E-state index < -0.39 is 0 Å². The van der Waals surface area contributed by atoms with Gasteiger partial charge >= 0.3 is 0 Å². The summed E-state index contributed by atoms with van der Waals surface area (Å²) in [6.45, 7) is 8.36. The maximum Gasteiger partial charge on any atom is 0.222 e. The number of aromatic nitrogens is 2. The maximum absolute atomic E-state index is 4.31. The van der Waals surface area contributed by atoms with Gasteiger partial charge in [0.25, 0.3) is 0 Å². The van der Waals surface area contributed by atoms with Crippen LogP contribution < -0.4 is 10.6 Å². The Morgan fingerprint density at radius 2 is 1.65 bits per heavy atom. The molecule has 0 aliphatic rings. The number of anilines is 1. The Bertz CT molecular complexity index is 335. The van der Waals surface area contributed by atoms with E-state index in [0.717, 1.165) is 18.7 Å². The third kappa shape index (κ3) is 8.10. The molecule has 4 heteroatoms. The Balaban J connectivity index is 2.07. The quantitative estimate of drug-likeness (QED) is 0.605. The molecular formula is C16H30N4. The third-order valence-corrected chi connectivity index (χ3v) is 3.16. The van der Waals surface area contributed by atoms with Crippen molar-refractivity contribution in [2.75, 3.05) is 11.9 Å². The van der Waals surface area contributed by atoms with Gasteiger partial charge in [-0.05, 0) is 26.8 Å². The fraction of sp³-hybridized carbons (Fsp3) is 0.750. The van der Waals surface area contributed by atoms with Crippen LogP contribution in [0.5, 0.6) is 0 Å². The Hall–Kier alpha value is -1.16. The van der Waals surface area contributed by atoms with E-state index >= 15 is 0 Å². The van der Waals surface area contributed by atoms with E-state index in [1.54, 1.807) is 0 Å². The molecule has 0 aliphatic heterocycles. The zero-order valence-corrected chi connectivity index (χ0v) is 13.3. The van der Waals surface area contributed by atoms with Crippen LogP contribution in [0.2, 0.25) is 0 Å². The molecule has 1 aromatic heterocycles. The first-order valence-electron chi connectivity index (χ1n) is 8.00.